The first kappa shape index (κ1) is 21.7. The Labute approximate surface area is 171 Å². The van der Waals surface area contributed by atoms with E-state index in [1.54, 1.807) is 10.7 Å². The molecule has 1 saturated heterocycles. The van der Waals surface area contributed by atoms with Gasteiger partial charge in [-0.1, -0.05) is 12.1 Å². The summed E-state index contributed by atoms with van der Waals surface area (Å²) in [6, 6.07) is 9.24. The Morgan fingerprint density at radius 3 is 2.47 bits per heavy atom. The molecule has 2 aromatic rings. The van der Waals surface area contributed by atoms with Crippen molar-refractivity contribution in [1.82, 2.24) is 14.7 Å². The van der Waals surface area contributed by atoms with Gasteiger partial charge in [0.15, 0.2) is 6.61 Å². The van der Waals surface area contributed by atoms with Crippen molar-refractivity contribution < 1.29 is 27.5 Å². The van der Waals surface area contributed by atoms with E-state index in [-0.39, 0.29) is 24.9 Å². The second-order valence-electron chi connectivity index (χ2n) is 7.28. The Morgan fingerprint density at radius 1 is 1.20 bits per heavy atom. The fourth-order valence-corrected chi connectivity index (χ4v) is 3.43. The smallest absolute Gasteiger partial charge is 0.422 e. The number of carbonyl (C=O) groups is 2. The number of aryl methyl sites for hydroxylation is 2. The molecule has 0 unspecified atom stereocenters. The highest BCUT2D eigenvalue weighted by Gasteiger charge is 2.33. The summed E-state index contributed by atoms with van der Waals surface area (Å²) < 4.78 is 42.6. The van der Waals surface area contributed by atoms with E-state index >= 15 is 0 Å². The van der Waals surface area contributed by atoms with Crippen LogP contribution in [0.15, 0.2) is 30.3 Å². The summed E-state index contributed by atoms with van der Waals surface area (Å²) in [4.78, 5) is 25.7. The van der Waals surface area contributed by atoms with Gasteiger partial charge in [-0.2, -0.15) is 18.3 Å². The minimum atomic E-state index is -4.56. The number of nitrogens with zero attached hydrogens (tertiary/aromatic N) is 3. The second-order valence-corrected chi connectivity index (χ2v) is 7.28. The molecule has 1 fully saturated rings. The molecular formula is C20H23F3N4O3. The number of carbonyl (C=O) groups excluding carboxylic acids is 2. The number of hydrogen-bond donors (Lipinski definition) is 1. The maximum atomic E-state index is 12.8. The van der Waals surface area contributed by atoms with Crippen molar-refractivity contribution in [1.29, 1.82) is 0 Å². The molecule has 2 amide bonds. The number of alkyl halides is 3. The summed E-state index contributed by atoms with van der Waals surface area (Å²) >= 11 is 0. The lowest BCUT2D eigenvalue weighted by molar-refractivity contribution is -0.162. The molecule has 30 heavy (non-hydrogen) atoms. The van der Waals surface area contributed by atoms with Crippen molar-refractivity contribution in [2.75, 3.05) is 25.0 Å². The number of ether oxygens (including phenoxy) is 1. The third-order valence-corrected chi connectivity index (χ3v) is 4.88. The Bertz CT molecular complexity index is 918. The van der Waals surface area contributed by atoms with Gasteiger partial charge in [-0.3, -0.25) is 4.79 Å². The lowest BCUT2D eigenvalue weighted by Gasteiger charge is -2.30. The van der Waals surface area contributed by atoms with E-state index in [0.29, 0.717) is 18.5 Å². The summed E-state index contributed by atoms with van der Waals surface area (Å²) in [5, 5.41) is 7.37. The van der Waals surface area contributed by atoms with E-state index in [4.69, 9.17) is 0 Å². The lowest BCUT2D eigenvalue weighted by Crippen LogP contribution is -2.42. The minimum absolute atomic E-state index is 0.161. The zero-order valence-electron chi connectivity index (χ0n) is 16.7. The number of piperidine rings is 1. The van der Waals surface area contributed by atoms with Crippen molar-refractivity contribution in [2.24, 2.45) is 5.92 Å². The molecule has 1 aliphatic rings. The van der Waals surface area contributed by atoms with Crippen LogP contribution in [-0.4, -0.2) is 52.6 Å². The number of rotatable bonds is 4. The number of hydrogen-bond acceptors (Lipinski definition) is 4. The van der Waals surface area contributed by atoms with Crippen LogP contribution >= 0.6 is 0 Å². The number of para-hydroxylation sites is 2. The van der Waals surface area contributed by atoms with Crippen LogP contribution in [0.5, 0.6) is 0 Å². The largest absolute Gasteiger partial charge is 0.440 e. The molecule has 7 nitrogen and oxygen atoms in total. The molecule has 1 N–H and O–H groups in total. The highest BCUT2D eigenvalue weighted by Crippen LogP contribution is 2.25. The van der Waals surface area contributed by atoms with Crippen LogP contribution in [0, 0.1) is 19.8 Å². The zero-order chi connectivity index (χ0) is 21.9. The molecule has 0 bridgehead atoms. The quantitative estimate of drug-likeness (QED) is 0.809. The monoisotopic (exact) mass is 424 g/mol. The zero-order valence-corrected chi connectivity index (χ0v) is 16.7. The molecule has 3 rings (SSSR count). The fraction of sp³-hybridized carbons (Fsp3) is 0.450. The summed E-state index contributed by atoms with van der Waals surface area (Å²) in [5.41, 5.74) is 3.14. The molecule has 162 valence electrons. The van der Waals surface area contributed by atoms with Gasteiger partial charge in [0.25, 0.3) is 0 Å². The fourth-order valence-electron chi connectivity index (χ4n) is 3.43. The predicted molar refractivity (Wildman–Crippen MR) is 103 cm³/mol. The van der Waals surface area contributed by atoms with Crippen LogP contribution in [0.2, 0.25) is 0 Å². The van der Waals surface area contributed by atoms with Gasteiger partial charge in [0.1, 0.15) is 0 Å². The third-order valence-electron chi connectivity index (χ3n) is 4.88. The van der Waals surface area contributed by atoms with Crippen molar-refractivity contribution in [2.45, 2.75) is 32.9 Å². The van der Waals surface area contributed by atoms with Gasteiger partial charge >= 0.3 is 12.3 Å². The number of benzene rings is 1. The van der Waals surface area contributed by atoms with E-state index < -0.39 is 18.9 Å². The molecule has 1 aromatic carbocycles. The van der Waals surface area contributed by atoms with E-state index in [2.05, 4.69) is 15.2 Å². The van der Waals surface area contributed by atoms with Gasteiger partial charge < -0.3 is 15.0 Å². The van der Waals surface area contributed by atoms with Gasteiger partial charge in [0, 0.05) is 24.7 Å². The summed E-state index contributed by atoms with van der Waals surface area (Å²) in [6.45, 7) is 2.52. The first-order valence-electron chi connectivity index (χ1n) is 9.56. The number of halogens is 3. The molecule has 0 saturated carbocycles. The maximum absolute atomic E-state index is 12.8. The molecule has 2 heterocycles. The van der Waals surface area contributed by atoms with Gasteiger partial charge in [-0.25, -0.2) is 9.48 Å². The molecule has 0 radical (unpaired) electrons. The average molecular weight is 424 g/mol. The lowest BCUT2D eigenvalue weighted by atomic mass is 9.96. The van der Waals surface area contributed by atoms with Crippen LogP contribution in [-0.2, 0) is 9.53 Å². The number of aromatic nitrogens is 2. The molecule has 1 aliphatic heterocycles. The van der Waals surface area contributed by atoms with Crippen molar-refractivity contribution in [3.8, 4) is 5.69 Å². The number of likely N-dealkylation sites (tertiary alicyclic amines) is 1. The van der Waals surface area contributed by atoms with Gasteiger partial charge in [-0.15, -0.1) is 0 Å². The van der Waals surface area contributed by atoms with Gasteiger partial charge in [0.05, 0.1) is 17.1 Å². The number of anilines is 1. The SMILES string of the molecule is Cc1cc(C)n(-c2ccccc2NC(=O)C2CCN(C(=O)OCC(F)(F)F)CC2)n1. The Morgan fingerprint density at radius 2 is 1.87 bits per heavy atom. The van der Waals surface area contributed by atoms with Crippen LogP contribution in [0.1, 0.15) is 24.2 Å². The van der Waals surface area contributed by atoms with Gasteiger partial charge in [0.2, 0.25) is 5.91 Å². The average Bonchev–Trinajstić information content (AvgIpc) is 3.04. The van der Waals surface area contributed by atoms with Crippen LogP contribution in [0.25, 0.3) is 5.69 Å². The van der Waals surface area contributed by atoms with Gasteiger partial charge in [-0.05, 0) is 44.9 Å². The first-order chi connectivity index (χ1) is 14.1. The summed E-state index contributed by atoms with van der Waals surface area (Å²) in [7, 11) is 0. The van der Waals surface area contributed by atoms with E-state index in [1.807, 2.05) is 38.1 Å². The van der Waals surface area contributed by atoms with E-state index in [9.17, 15) is 22.8 Å². The molecule has 1 aromatic heterocycles. The van der Waals surface area contributed by atoms with Crippen LogP contribution < -0.4 is 5.32 Å². The van der Waals surface area contributed by atoms with E-state index in [0.717, 1.165) is 17.1 Å². The normalized spacial score (nSPS) is 15.2. The van der Waals surface area contributed by atoms with Crippen molar-refractivity contribution >= 4 is 17.7 Å². The molecule has 10 heteroatoms. The third kappa shape index (κ3) is 5.31. The molecular weight excluding hydrogens is 401 g/mol. The number of amides is 2. The maximum Gasteiger partial charge on any atom is 0.422 e. The van der Waals surface area contributed by atoms with Crippen molar-refractivity contribution in [3.63, 3.8) is 0 Å². The predicted octanol–water partition coefficient (Wildman–Crippen LogP) is 3.84. The first-order valence-corrected chi connectivity index (χ1v) is 9.56. The van der Waals surface area contributed by atoms with Crippen molar-refractivity contribution in [3.05, 3.63) is 41.7 Å². The highest BCUT2D eigenvalue weighted by molar-refractivity contribution is 5.94. The molecule has 0 spiro atoms. The van der Waals surface area contributed by atoms with Crippen LogP contribution in [0.4, 0.5) is 23.7 Å². The number of nitrogens with one attached hydrogen (secondary N) is 1. The second kappa shape index (κ2) is 8.76. The minimum Gasteiger partial charge on any atom is -0.440 e. The molecule has 0 atom stereocenters. The molecule has 0 aliphatic carbocycles. The Hall–Kier alpha value is -3.04. The summed E-state index contributed by atoms with van der Waals surface area (Å²) in [5.74, 6) is -0.558. The topological polar surface area (TPSA) is 76.5 Å². The Kier molecular flexibility index (Phi) is 6.33. The standard InChI is InChI=1S/C20H23F3N4O3/c1-13-11-14(2)27(25-13)17-6-4-3-5-16(17)24-18(28)15-7-9-26(10-8-15)19(29)30-12-20(21,22)23/h3-6,11,15H,7-10,12H2,1-2H3,(H,24,28). The van der Waals surface area contributed by atoms with Crippen LogP contribution in [0.3, 0.4) is 0 Å². The van der Waals surface area contributed by atoms with E-state index in [1.165, 1.54) is 4.90 Å². The summed E-state index contributed by atoms with van der Waals surface area (Å²) in [6.07, 6.45) is -4.89. The highest BCUT2D eigenvalue weighted by atomic mass is 19.4. The Balaban J connectivity index is 1.60.